The predicted molar refractivity (Wildman–Crippen MR) is 171 cm³/mol. The Morgan fingerprint density at radius 1 is 0.977 bits per heavy atom. The van der Waals surface area contributed by atoms with Crippen LogP contribution in [0.15, 0.2) is 36.4 Å². The van der Waals surface area contributed by atoms with E-state index in [0.29, 0.717) is 34.8 Å². The van der Waals surface area contributed by atoms with Gasteiger partial charge in [0.1, 0.15) is 28.1 Å². The van der Waals surface area contributed by atoms with Gasteiger partial charge in [-0.1, -0.05) is 51.0 Å². The van der Waals surface area contributed by atoms with Gasteiger partial charge < -0.3 is 19.3 Å². The van der Waals surface area contributed by atoms with Gasteiger partial charge in [-0.25, -0.2) is 17.7 Å². The maximum atomic E-state index is 14.6. The number of pyridine rings is 1. The monoisotopic (exact) mass is 631 g/mol. The van der Waals surface area contributed by atoms with E-state index in [2.05, 4.69) is 34.8 Å². The van der Waals surface area contributed by atoms with E-state index in [4.69, 9.17) is 14.2 Å². The molecule has 2 atom stereocenters. The first-order valence-electron chi connectivity index (χ1n) is 14.8. The molecule has 0 bridgehead atoms. The second-order valence-corrected chi connectivity index (χ2v) is 20.1. The van der Waals surface area contributed by atoms with Gasteiger partial charge in [0.05, 0.1) is 27.4 Å². The summed E-state index contributed by atoms with van der Waals surface area (Å²) < 4.78 is 48.9. The van der Waals surface area contributed by atoms with Crippen molar-refractivity contribution in [1.29, 1.82) is 0 Å². The second kappa shape index (κ2) is 13.6. The van der Waals surface area contributed by atoms with Crippen LogP contribution in [0.4, 0.5) is 5.95 Å². The number of ether oxygens (including phenoxy) is 3. The molecule has 43 heavy (non-hydrogen) atoms. The summed E-state index contributed by atoms with van der Waals surface area (Å²) in [5, 5.41) is 19.3. The predicted octanol–water partition coefficient (Wildman–Crippen LogP) is 5.16. The van der Waals surface area contributed by atoms with Crippen LogP contribution in [0.1, 0.15) is 39.0 Å². The van der Waals surface area contributed by atoms with Crippen LogP contribution in [0.5, 0.6) is 17.4 Å². The number of hydrogen-bond donors (Lipinski definition) is 1. The molecule has 1 aliphatic rings. The summed E-state index contributed by atoms with van der Waals surface area (Å²) in [6, 6.07) is 11.2. The Kier molecular flexibility index (Phi) is 10.4. The molecule has 0 amide bonds. The summed E-state index contributed by atoms with van der Waals surface area (Å²) in [5.41, 5.74) is 0.852. The van der Waals surface area contributed by atoms with Crippen molar-refractivity contribution in [3.05, 3.63) is 36.4 Å². The Morgan fingerprint density at radius 3 is 2.19 bits per heavy atom. The number of anilines is 1. The molecule has 3 aromatic rings. The second-order valence-electron chi connectivity index (χ2n) is 12.3. The van der Waals surface area contributed by atoms with Gasteiger partial charge in [-0.2, -0.15) is 0 Å². The fourth-order valence-electron chi connectivity index (χ4n) is 5.53. The highest BCUT2D eigenvalue weighted by Gasteiger charge is 2.41. The zero-order chi connectivity index (χ0) is 31.4. The summed E-state index contributed by atoms with van der Waals surface area (Å²) in [6.45, 7) is 8.36. The minimum absolute atomic E-state index is 0.0684. The Hall–Kier alpha value is -3.16. The molecule has 1 aliphatic carbocycles. The van der Waals surface area contributed by atoms with Crippen LogP contribution >= 0.6 is 0 Å². The van der Waals surface area contributed by atoms with Crippen LogP contribution in [0, 0.1) is 5.92 Å². The fraction of sp³-hybridized carbons (Fsp3) is 0.567. The molecular weight excluding hydrogens is 587 g/mol. The van der Waals surface area contributed by atoms with Crippen molar-refractivity contribution in [1.82, 2.24) is 19.7 Å². The average Bonchev–Trinajstić information content (AvgIpc) is 3.43. The summed E-state index contributed by atoms with van der Waals surface area (Å²) in [6.07, 6.45) is 3.72. The van der Waals surface area contributed by atoms with Crippen molar-refractivity contribution in [3.8, 4) is 34.6 Å². The Bertz CT molecular complexity index is 1460. The summed E-state index contributed by atoms with van der Waals surface area (Å²) in [7, 11) is -1.26. The van der Waals surface area contributed by atoms with Gasteiger partial charge in [0.2, 0.25) is 21.9 Å². The molecule has 4 rings (SSSR count). The molecule has 2 aromatic heterocycles. The molecule has 2 heterocycles. The lowest BCUT2D eigenvalue weighted by atomic mass is 9.84. The number of rotatable bonds is 13. The molecule has 1 saturated carbocycles. The van der Waals surface area contributed by atoms with E-state index in [1.54, 1.807) is 47.9 Å². The number of aliphatic hydroxyl groups is 1. The first kappa shape index (κ1) is 32.7. The maximum absolute atomic E-state index is 14.6. The normalized spacial score (nSPS) is 16.0. The van der Waals surface area contributed by atoms with Gasteiger partial charge in [0.25, 0.3) is 0 Å². The smallest absolute Gasteiger partial charge is 0.246 e. The number of aliphatic hydroxyl groups excluding tert-OH is 1. The van der Waals surface area contributed by atoms with Gasteiger partial charge in [-0.05, 0) is 49.9 Å². The summed E-state index contributed by atoms with van der Waals surface area (Å²) in [4.78, 5) is 4.57. The molecule has 0 radical (unpaired) electrons. The average molecular weight is 632 g/mol. The van der Waals surface area contributed by atoms with Crippen molar-refractivity contribution < 1.29 is 27.7 Å². The topological polar surface area (TPSA) is 129 Å². The van der Waals surface area contributed by atoms with E-state index in [1.165, 1.54) is 25.6 Å². The number of para-hydroxylation sites is 1. The van der Waals surface area contributed by atoms with Crippen LogP contribution in [0.2, 0.25) is 25.7 Å². The highest BCUT2D eigenvalue weighted by atomic mass is 32.2. The first-order valence-corrected chi connectivity index (χ1v) is 20.0. The van der Waals surface area contributed by atoms with Gasteiger partial charge in [0.15, 0.2) is 5.82 Å². The molecule has 0 aliphatic heterocycles. The lowest BCUT2D eigenvalue weighted by Gasteiger charge is -2.34. The SMILES string of the molecule is COc1cccc(-c2nnc(N(CC[Si](C)(C)C)S(=O)(=O)[C@@H](C)[C@H](O)C3CCCCC3)n2-c2c(OC)cccc2OC)n1. The third-order valence-corrected chi connectivity index (χ3v) is 12.0. The van der Waals surface area contributed by atoms with Crippen LogP contribution in [-0.4, -0.2) is 80.6 Å². The molecule has 13 heteroatoms. The van der Waals surface area contributed by atoms with Crippen LogP contribution in [0.25, 0.3) is 17.2 Å². The van der Waals surface area contributed by atoms with Crippen molar-refractivity contribution >= 4 is 24.0 Å². The molecule has 1 N–H and O–H groups in total. The summed E-state index contributed by atoms with van der Waals surface area (Å²) >= 11 is 0. The van der Waals surface area contributed by atoms with Gasteiger partial charge in [-0.3, -0.25) is 4.57 Å². The molecule has 0 unspecified atom stereocenters. The molecule has 0 saturated heterocycles. The first-order chi connectivity index (χ1) is 20.4. The number of sulfonamides is 1. The van der Waals surface area contributed by atoms with Crippen LogP contribution in [-0.2, 0) is 10.0 Å². The number of hydrogen-bond acceptors (Lipinski definition) is 9. The van der Waals surface area contributed by atoms with Crippen molar-refractivity contribution in [3.63, 3.8) is 0 Å². The minimum atomic E-state index is -4.12. The fourth-order valence-corrected chi connectivity index (χ4v) is 8.25. The molecule has 236 valence electrons. The zero-order valence-corrected chi connectivity index (χ0v) is 28.1. The largest absolute Gasteiger partial charge is 0.494 e. The van der Waals surface area contributed by atoms with E-state index in [1.807, 2.05) is 0 Å². The number of aromatic nitrogens is 4. The number of benzene rings is 1. The Labute approximate surface area is 256 Å². The Balaban J connectivity index is 1.96. The standard InChI is InChI=1S/C30H45N5O6SSi/c1-21(28(36)22-13-9-8-10-14-22)42(37,38)34(19-20-43(5,6)7)30-33-32-29(23-15-11-18-26(31-23)41-4)35(30)27-24(39-2)16-12-17-25(27)40-3/h11-12,15-18,21-22,28,36H,8-10,13-14,19-20H2,1-7H3/t21-,28-/m0/s1. The molecule has 11 nitrogen and oxygen atoms in total. The van der Waals surface area contributed by atoms with E-state index in [-0.39, 0.29) is 24.2 Å². The van der Waals surface area contributed by atoms with Gasteiger partial charge >= 0.3 is 0 Å². The quantitative estimate of drug-likeness (QED) is 0.254. The van der Waals surface area contributed by atoms with Gasteiger partial charge in [-0.15, -0.1) is 10.2 Å². The Morgan fingerprint density at radius 2 is 1.60 bits per heavy atom. The van der Waals surface area contributed by atoms with E-state index in [0.717, 1.165) is 32.1 Å². The molecular formula is C30H45N5O6SSi. The van der Waals surface area contributed by atoms with Gasteiger partial charge in [0, 0.05) is 20.7 Å². The van der Waals surface area contributed by atoms with Crippen LogP contribution in [0.3, 0.4) is 0 Å². The van der Waals surface area contributed by atoms with Crippen molar-refractivity contribution in [2.24, 2.45) is 5.92 Å². The zero-order valence-electron chi connectivity index (χ0n) is 26.3. The lowest BCUT2D eigenvalue weighted by molar-refractivity contribution is 0.0839. The maximum Gasteiger partial charge on any atom is 0.246 e. The van der Waals surface area contributed by atoms with Crippen LogP contribution < -0.4 is 18.5 Å². The van der Waals surface area contributed by atoms with Crippen molar-refractivity contribution in [2.75, 3.05) is 32.2 Å². The van der Waals surface area contributed by atoms with E-state index >= 15 is 0 Å². The van der Waals surface area contributed by atoms with E-state index < -0.39 is 29.5 Å². The highest BCUT2D eigenvalue weighted by Crippen LogP contribution is 2.40. The number of nitrogens with zero attached hydrogens (tertiary/aromatic N) is 5. The molecule has 0 spiro atoms. The molecule has 1 fully saturated rings. The van der Waals surface area contributed by atoms with E-state index in [9.17, 15) is 13.5 Å². The molecule has 1 aromatic carbocycles. The third kappa shape index (κ3) is 7.15. The third-order valence-electron chi connectivity index (χ3n) is 8.11. The summed E-state index contributed by atoms with van der Waals surface area (Å²) in [5.74, 6) is 1.52. The highest BCUT2D eigenvalue weighted by molar-refractivity contribution is 7.93. The number of methoxy groups -OCH3 is 3. The van der Waals surface area contributed by atoms with Crippen molar-refractivity contribution in [2.45, 2.75) is 76.1 Å². The lowest BCUT2D eigenvalue weighted by Crippen LogP contribution is -2.48. The minimum Gasteiger partial charge on any atom is -0.494 e.